The number of hydrogen-bond donors (Lipinski definition) is 1. The first kappa shape index (κ1) is 25.2. The Balaban J connectivity index is 1.52. The Hall–Kier alpha value is -3.93. The standard InChI is InChI=1S/C24H21F3N2O7/c25-24(26,27)16-12-28-23(33)29(20(16)30)19-11-17(36-22(32)15-9-5-2-6-10-15)18(35-19)13-34-21(31)14-7-3-1-4-8-14/h1-10,16-19H,11-13H2,(H,28,33)/t16?,17-,18+,19+/m0/s1. The average Bonchev–Trinajstić information content (AvgIpc) is 3.24. The lowest BCUT2D eigenvalue weighted by Gasteiger charge is -2.35. The molecule has 9 nitrogen and oxygen atoms in total. The first-order chi connectivity index (χ1) is 17.1. The molecule has 1 unspecified atom stereocenters. The van der Waals surface area contributed by atoms with Gasteiger partial charge in [-0.15, -0.1) is 0 Å². The van der Waals surface area contributed by atoms with Crippen LogP contribution in [-0.4, -0.2) is 66.5 Å². The second-order valence-electron chi connectivity index (χ2n) is 8.13. The maximum Gasteiger partial charge on any atom is 0.402 e. The lowest BCUT2D eigenvalue weighted by atomic mass is 10.0. The molecule has 12 heteroatoms. The second-order valence-corrected chi connectivity index (χ2v) is 8.13. The van der Waals surface area contributed by atoms with Crippen LogP contribution in [0.3, 0.4) is 0 Å². The number of esters is 2. The highest BCUT2D eigenvalue weighted by molar-refractivity contribution is 5.98. The highest BCUT2D eigenvalue weighted by Crippen LogP contribution is 2.34. The van der Waals surface area contributed by atoms with Crippen molar-refractivity contribution in [3.63, 3.8) is 0 Å². The van der Waals surface area contributed by atoms with Gasteiger partial charge in [0.15, 0.2) is 5.92 Å². The number of urea groups is 1. The van der Waals surface area contributed by atoms with E-state index in [4.69, 9.17) is 14.2 Å². The summed E-state index contributed by atoms with van der Waals surface area (Å²) in [5.41, 5.74) is 0.438. The van der Waals surface area contributed by atoms with Crippen molar-refractivity contribution in [1.29, 1.82) is 0 Å². The van der Waals surface area contributed by atoms with Crippen molar-refractivity contribution in [3.8, 4) is 0 Å². The molecule has 2 aromatic carbocycles. The first-order valence-electron chi connectivity index (χ1n) is 11.0. The van der Waals surface area contributed by atoms with Gasteiger partial charge in [-0.25, -0.2) is 19.3 Å². The number of imide groups is 1. The third kappa shape index (κ3) is 5.48. The first-order valence-corrected chi connectivity index (χ1v) is 11.0. The molecule has 190 valence electrons. The summed E-state index contributed by atoms with van der Waals surface area (Å²) in [5.74, 6) is -5.39. The summed E-state index contributed by atoms with van der Waals surface area (Å²) >= 11 is 0. The number of carbonyl (C=O) groups is 4. The van der Waals surface area contributed by atoms with E-state index in [-0.39, 0.29) is 17.5 Å². The molecular weight excluding hydrogens is 485 g/mol. The molecule has 2 aliphatic heterocycles. The smallest absolute Gasteiger partial charge is 0.402 e. The van der Waals surface area contributed by atoms with Crippen LogP contribution in [0.2, 0.25) is 0 Å². The predicted molar refractivity (Wildman–Crippen MR) is 115 cm³/mol. The van der Waals surface area contributed by atoms with E-state index in [9.17, 15) is 32.3 Å². The quantitative estimate of drug-likeness (QED) is 0.600. The number of benzene rings is 2. The Bertz CT molecular complexity index is 1130. The van der Waals surface area contributed by atoms with Crippen molar-refractivity contribution in [2.45, 2.75) is 31.0 Å². The molecule has 2 saturated heterocycles. The molecule has 1 N–H and O–H groups in total. The Morgan fingerprint density at radius 3 is 2.14 bits per heavy atom. The molecule has 4 rings (SSSR count). The Kier molecular flexibility index (Phi) is 7.25. The predicted octanol–water partition coefficient (Wildman–Crippen LogP) is 2.91. The van der Waals surface area contributed by atoms with Crippen LogP contribution >= 0.6 is 0 Å². The number of rotatable bonds is 6. The van der Waals surface area contributed by atoms with E-state index in [0.717, 1.165) is 0 Å². The van der Waals surface area contributed by atoms with Crippen molar-refractivity contribution in [1.82, 2.24) is 10.2 Å². The molecule has 2 heterocycles. The fourth-order valence-electron chi connectivity index (χ4n) is 3.89. The lowest BCUT2D eigenvalue weighted by molar-refractivity contribution is -0.194. The van der Waals surface area contributed by atoms with Gasteiger partial charge >= 0.3 is 24.1 Å². The number of hydrogen-bond acceptors (Lipinski definition) is 7. The molecule has 2 fully saturated rings. The number of alkyl halides is 3. The topological polar surface area (TPSA) is 111 Å². The van der Waals surface area contributed by atoms with E-state index in [0.29, 0.717) is 4.90 Å². The number of carbonyl (C=O) groups excluding carboxylic acids is 4. The zero-order valence-electron chi connectivity index (χ0n) is 18.6. The largest absolute Gasteiger partial charge is 0.459 e. The van der Waals surface area contributed by atoms with Crippen molar-refractivity contribution in [3.05, 3.63) is 71.8 Å². The fourth-order valence-corrected chi connectivity index (χ4v) is 3.89. The minimum absolute atomic E-state index is 0.199. The van der Waals surface area contributed by atoms with Crippen molar-refractivity contribution in [2.24, 2.45) is 5.92 Å². The maximum absolute atomic E-state index is 13.3. The van der Waals surface area contributed by atoms with Crippen LogP contribution in [0.1, 0.15) is 27.1 Å². The summed E-state index contributed by atoms with van der Waals surface area (Å²) < 4.78 is 56.3. The van der Waals surface area contributed by atoms with Gasteiger partial charge in [-0.1, -0.05) is 36.4 Å². The normalized spacial score (nSPS) is 24.2. The highest BCUT2D eigenvalue weighted by Gasteiger charge is 2.54. The summed E-state index contributed by atoms with van der Waals surface area (Å²) in [7, 11) is 0. The Morgan fingerprint density at radius 2 is 1.56 bits per heavy atom. The van der Waals surface area contributed by atoms with Gasteiger partial charge in [0, 0.05) is 13.0 Å². The molecule has 2 aliphatic rings. The summed E-state index contributed by atoms with van der Waals surface area (Å²) in [6, 6.07) is 14.8. The maximum atomic E-state index is 13.3. The molecule has 0 aromatic heterocycles. The monoisotopic (exact) mass is 506 g/mol. The Morgan fingerprint density at radius 1 is 0.972 bits per heavy atom. The molecule has 4 atom stereocenters. The van der Waals surface area contributed by atoms with E-state index in [1.54, 1.807) is 36.4 Å². The van der Waals surface area contributed by atoms with Gasteiger partial charge in [-0.3, -0.25) is 4.79 Å². The SMILES string of the molecule is O=C(OC[C@H]1O[C@@H](N2C(=O)NCC(C(F)(F)F)C2=O)C[C@@H]1OC(=O)c1ccccc1)c1ccccc1. The van der Waals surface area contributed by atoms with Gasteiger partial charge in [-0.05, 0) is 24.3 Å². The number of nitrogens with zero attached hydrogens (tertiary/aromatic N) is 1. The zero-order valence-corrected chi connectivity index (χ0v) is 18.6. The Labute approximate surface area is 203 Å². The third-order valence-corrected chi connectivity index (χ3v) is 5.73. The molecule has 3 amide bonds. The summed E-state index contributed by atoms with van der Waals surface area (Å²) in [4.78, 5) is 50.2. The van der Waals surface area contributed by atoms with Crippen molar-refractivity contribution >= 4 is 23.9 Å². The van der Waals surface area contributed by atoms with Crippen LogP contribution in [0.15, 0.2) is 60.7 Å². The molecule has 0 saturated carbocycles. The van der Waals surface area contributed by atoms with Crippen LogP contribution < -0.4 is 5.32 Å². The zero-order chi connectivity index (χ0) is 25.9. The van der Waals surface area contributed by atoms with E-state index < -0.39 is 67.6 Å². The number of halogens is 3. The van der Waals surface area contributed by atoms with Gasteiger partial charge < -0.3 is 19.5 Å². The van der Waals surface area contributed by atoms with Crippen molar-refractivity contribution in [2.75, 3.05) is 13.2 Å². The molecule has 2 aromatic rings. The van der Waals surface area contributed by atoms with E-state index in [2.05, 4.69) is 0 Å². The van der Waals surface area contributed by atoms with Crippen LogP contribution in [0.25, 0.3) is 0 Å². The van der Waals surface area contributed by atoms with Gasteiger partial charge in [0.2, 0.25) is 5.91 Å². The summed E-state index contributed by atoms with van der Waals surface area (Å²) in [6.07, 6.45) is -8.95. The van der Waals surface area contributed by atoms with E-state index in [1.165, 1.54) is 24.3 Å². The molecule has 0 aliphatic carbocycles. The lowest BCUT2D eigenvalue weighted by Crippen LogP contribution is -2.61. The average molecular weight is 506 g/mol. The van der Waals surface area contributed by atoms with Crippen LogP contribution in [-0.2, 0) is 19.0 Å². The molecule has 0 spiro atoms. The highest BCUT2D eigenvalue weighted by atomic mass is 19.4. The van der Waals surface area contributed by atoms with E-state index in [1.807, 2.05) is 5.32 Å². The molecule has 36 heavy (non-hydrogen) atoms. The summed E-state index contributed by atoms with van der Waals surface area (Å²) in [5, 5.41) is 2.04. The number of nitrogens with one attached hydrogen (secondary N) is 1. The summed E-state index contributed by atoms with van der Waals surface area (Å²) in [6.45, 7) is -1.34. The van der Waals surface area contributed by atoms with Gasteiger partial charge in [0.05, 0.1) is 11.1 Å². The minimum atomic E-state index is -4.88. The fraction of sp³-hybridized carbons (Fsp3) is 0.333. The second kappa shape index (κ2) is 10.4. The van der Waals surface area contributed by atoms with Crippen LogP contribution in [0.5, 0.6) is 0 Å². The molecule has 0 bridgehead atoms. The van der Waals surface area contributed by atoms with Crippen molar-refractivity contribution < 1.29 is 46.6 Å². The number of ether oxygens (including phenoxy) is 3. The van der Waals surface area contributed by atoms with Gasteiger partial charge in [0.25, 0.3) is 0 Å². The minimum Gasteiger partial charge on any atom is -0.459 e. The van der Waals surface area contributed by atoms with Gasteiger partial charge in [0.1, 0.15) is 25.0 Å². The van der Waals surface area contributed by atoms with Gasteiger partial charge in [-0.2, -0.15) is 13.2 Å². The van der Waals surface area contributed by atoms with E-state index >= 15 is 0 Å². The number of amides is 3. The third-order valence-electron chi connectivity index (χ3n) is 5.73. The molecule has 0 radical (unpaired) electrons. The van der Waals surface area contributed by atoms with Crippen LogP contribution in [0.4, 0.5) is 18.0 Å². The van der Waals surface area contributed by atoms with Crippen LogP contribution in [0, 0.1) is 5.92 Å². The molecular formula is C24H21F3N2O7.